The minimum Gasteiger partial charge on any atom is -0.377 e. The Morgan fingerprint density at radius 3 is 2.73 bits per heavy atom. The second-order valence-electron chi connectivity index (χ2n) is 8.05. The summed E-state index contributed by atoms with van der Waals surface area (Å²) in [5, 5.41) is 12.6. The van der Waals surface area contributed by atoms with Crippen LogP contribution in [0.3, 0.4) is 0 Å². The Kier molecular flexibility index (Phi) is 4.58. The molecule has 0 amide bonds. The van der Waals surface area contributed by atoms with Gasteiger partial charge in [-0.2, -0.15) is 14.9 Å². The fourth-order valence-electron chi connectivity index (χ4n) is 4.30. The predicted octanol–water partition coefficient (Wildman–Crippen LogP) is 2.51. The van der Waals surface area contributed by atoms with Crippen molar-refractivity contribution in [2.45, 2.75) is 13.0 Å². The van der Waals surface area contributed by atoms with Gasteiger partial charge in [-0.15, -0.1) is 0 Å². The van der Waals surface area contributed by atoms with Crippen LogP contribution >= 0.6 is 0 Å². The van der Waals surface area contributed by atoms with E-state index in [1.165, 1.54) is 0 Å². The van der Waals surface area contributed by atoms with Gasteiger partial charge in [0.15, 0.2) is 11.5 Å². The highest BCUT2D eigenvalue weighted by atomic mass is 16.5. The van der Waals surface area contributed by atoms with Crippen molar-refractivity contribution in [3.8, 4) is 22.6 Å². The van der Waals surface area contributed by atoms with E-state index in [0.29, 0.717) is 19.0 Å². The minimum atomic E-state index is -0.169. The van der Waals surface area contributed by atoms with E-state index in [-0.39, 0.29) is 11.7 Å². The largest absolute Gasteiger partial charge is 0.377 e. The topological polar surface area (TPSA) is 110 Å². The third-order valence-electron chi connectivity index (χ3n) is 6.00. The first-order valence-electron chi connectivity index (χ1n) is 10.8. The second-order valence-corrected chi connectivity index (χ2v) is 8.05. The van der Waals surface area contributed by atoms with Gasteiger partial charge < -0.3 is 14.6 Å². The predicted molar refractivity (Wildman–Crippen MR) is 124 cm³/mol. The Balaban J connectivity index is 1.51. The maximum atomic E-state index is 12.0. The molecule has 1 aliphatic rings. The van der Waals surface area contributed by atoms with E-state index in [1.54, 1.807) is 27.8 Å². The van der Waals surface area contributed by atoms with Crippen molar-refractivity contribution < 1.29 is 4.74 Å². The molecular weight excluding hydrogens is 420 g/mol. The van der Waals surface area contributed by atoms with E-state index >= 15 is 0 Å². The lowest BCUT2D eigenvalue weighted by molar-refractivity contribution is 0.0986. The summed E-state index contributed by atoms with van der Waals surface area (Å²) in [6, 6.07) is 12.1. The third kappa shape index (κ3) is 3.31. The summed E-state index contributed by atoms with van der Waals surface area (Å²) in [4.78, 5) is 21.9. The number of imidazole rings is 1. The number of benzene rings is 1. The fourth-order valence-corrected chi connectivity index (χ4v) is 4.30. The molecule has 0 saturated carbocycles. The number of hydrogen-bond acceptors (Lipinski definition) is 6. The number of pyridine rings is 1. The quantitative estimate of drug-likeness (QED) is 0.443. The van der Waals surface area contributed by atoms with Gasteiger partial charge in [-0.25, -0.2) is 9.78 Å². The summed E-state index contributed by atoms with van der Waals surface area (Å²) in [6.07, 6.45) is 6.93. The third-order valence-corrected chi connectivity index (χ3v) is 6.00. The number of aromatic amines is 2. The molecule has 33 heavy (non-hydrogen) atoms. The smallest absolute Gasteiger partial charge is 0.330 e. The Hall–Kier alpha value is -4.18. The van der Waals surface area contributed by atoms with Crippen molar-refractivity contribution in [1.29, 1.82) is 0 Å². The minimum absolute atomic E-state index is 0.169. The average Bonchev–Trinajstić information content (AvgIpc) is 3.59. The highest BCUT2D eigenvalue weighted by Gasteiger charge is 2.23. The number of rotatable bonds is 4. The number of anilines is 1. The molecule has 1 saturated heterocycles. The first kappa shape index (κ1) is 19.5. The van der Waals surface area contributed by atoms with Gasteiger partial charge in [-0.1, -0.05) is 12.1 Å². The summed E-state index contributed by atoms with van der Waals surface area (Å²) >= 11 is 0. The Morgan fingerprint density at radius 2 is 2.00 bits per heavy atom. The van der Waals surface area contributed by atoms with Crippen LogP contribution in [0.4, 0.5) is 5.82 Å². The molecule has 0 aliphatic carbocycles. The lowest BCUT2D eigenvalue weighted by Gasteiger charge is -2.34. The zero-order valence-corrected chi connectivity index (χ0v) is 18.0. The van der Waals surface area contributed by atoms with Crippen LogP contribution in [-0.2, 0) is 4.74 Å². The number of H-pyrrole nitrogens is 2. The fraction of sp³-hybridized carbons (Fsp3) is 0.217. The standard InChI is InChI=1S/C23H22N8O2/c1-15-14-33-11-10-29(15)21-12-18(16-2-4-17(5-3-16)30-9-8-24-23(30)32)19-13-26-31(22(19)27-21)20-6-7-25-28-20/h2-9,12-13,15H,10-11,14H2,1H3,(H,24,32)(H,25,28)/t15-/m1/s1. The summed E-state index contributed by atoms with van der Waals surface area (Å²) in [5.74, 6) is 1.55. The number of aromatic nitrogens is 7. The average molecular weight is 442 g/mol. The number of nitrogens with zero attached hydrogens (tertiary/aromatic N) is 6. The molecule has 4 aromatic heterocycles. The van der Waals surface area contributed by atoms with E-state index in [4.69, 9.17) is 9.72 Å². The molecule has 1 atom stereocenters. The van der Waals surface area contributed by atoms with Crippen molar-refractivity contribution in [2.75, 3.05) is 24.7 Å². The molecule has 6 rings (SSSR count). The van der Waals surface area contributed by atoms with Crippen LogP contribution in [-0.4, -0.2) is 60.3 Å². The normalized spacial score (nSPS) is 16.5. The van der Waals surface area contributed by atoms with E-state index in [2.05, 4.69) is 38.2 Å². The molecule has 0 radical (unpaired) electrons. The lowest BCUT2D eigenvalue weighted by Crippen LogP contribution is -2.44. The van der Waals surface area contributed by atoms with Crippen molar-refractivity contribution in [3.63, 3.8) is 0 Å². The molecule has 166 valence electrons. The van der Waals surface area contributed by atoms with Crippen LogP contribution in [0.25, 0.3) is 33.7 Å². The molecule has 5 aromatic rings. The maximum Gasteiger partial charge on any atom is 0.330 e. The molecule has 5 heterocycles. The lowest BCUT2D eigenvalue weighted by atomic mass is 10.0. The SMILES string of the molecule is C[C@@H]1COCCN1c1cc(-c2ccc(-n3cc[nH]c3=O)cc2)c2cnn(-c3cc[nH]n3)c2n1. The number of ether oxygens (including phenoxy) is 1. The molecule has 10 nitrogen and oxygen atoms in total. The van der Waals surface area contributed by atoms with Gasteiger partial charge in [0.1, 0.15) is 5.82 Å². The van der Waals surface area contributed by atoms with Crippen LogP contribution in [0.15, 0.2) is 66.0 Å². The van der Waals surface area contributed by atoms with E-state index in [0.717, 1.165) is 40.2 Å². The first-order chi connectivity index (χ1) is 16.2. The van der Waals surface area contributed by atoms with Gasteiger partial charge in [0.05, 0.1) is 31.1 Å². The Labute approximate surface area is 188 Å². The van der Waals surface area contributed by atoms with Crippen LogP contribution in [0.5, 0.6) is 0 Å². The van der Waals surface area contributed by atoms with Crippen molar-refractivity contribution >= 4 is 16.9 Å². The van der Waals surface area contributed by atoms with Crippen LogP contribution in [0.2, 0.25) is 0 Å². The molecule has 2 N–H and O–H groups in total. The zero-order valence-electron chi connectivity index (χ0n) is 18.0. The van der Waals surface area contributed by atoms with E-state index in [9.17, 15) is 4.79 Å². The van der Waals surface area contributed by atoms with Crippen molar-refractivity contribution in [2.24, 2.45) is 0 Å². The van der Waals surface area contributed by atoms with E-state index < -0.39 is 0 Å². The molecule has 0 bridgehead atoms. The second kappa shape index (κ2) is 7.75. The first-order valence-corrected chi connectivity index (χ1v) is 10.8. The van der Waals surface area contributed by atoms with Gasteiger partial charge in [0.2, 0.25) is 0 Å². The number of fused-ring (bicyclic) bond motifs is 1. The summed E-state index contributed by atoms with van der Waals surface area (Å²) in [7, 11) is 0. The molecule has 1 fully saturated rings. The Bertz CT molecular complexity index is 1460. The Morgan fingerprint density at radius 1 is 1.12 bits per heavy atom. The monoisotopic (exact) mass is 442 g/mol. The molecule has 0 unspecified atom stereocenters. The molecule has 0 spiro atoms. The maximum absolute atomic E-state index is 12.0. The highest BCUT2D eigenvalue weighted by molar-refractivity contribution is 5.95. The molecule has 1 aliphatic heterocycles. The van der Waals surface area contributed by atoms with Gasteiger partial charge in [0, 0.05) is 36.6 Å². The van der Waals surface area contributed by atoms with Crippen LogP contribution in [0.1, 0.15) is 6.92 Å². The number of morpholine rings is 1. The van der Waals surface area contributed by atoms with Gasteiger partial charge >= 0.3 is 5.69 Å². The molecular formula is C23H22N8O2. The van der Waals surface area contributed by atoms with Crippen LogP contribution < -0.4 is 10.6 Å². The van der Waals surface area contributed by atoms with Crippen molar-refractivity contribution in [1.82, 2.24) is 34.5 Å². The van der Waals surface area contributed by atoms with E-state index in [1.807, 2.05) is 36.5 Å². The summed E-state index contributed by atoms with van der Waals surface area (Å²) < 4.78 is 8.95. The summed E-state index contributed by atoms with van der Waals surface area (Å²) in [5.41, 5.74) is 3.39. The van der Waals surface area contributed by atoms with Gasteiger partial charge in [0.25, 0.3) is 0 Å². The molecule has 10 heteroatoms. The van der Waals surface area contributed by atoms with Crippen LogP contribution in [0, 0.1) is 0 Å². The van der Waals surface area contributed by atoms with Gasteiger partial charge in [-0.3, -0.25) is 9.67 Å². The zero-order chi connectivity index (χ0) is 22.4. The number of nitrogens with one attached hydrogen (secondary N) is 2. The van der Waals surface area contributed by atoms with Crippen molar-refractivity contribution in [3.05, 3.63) is 71.7 Å². The molecule has 1 aromatic carbocycles. The number of hydrogen-bond donors (Lipinski definition) is 2. The highest BCUT2D eigenvalue weighted by Crippen LogP contribution is 2.33. The van der Waals surface area contributed by atoms with Gasteiger partial charge in [-0.05, 0) is 36.2 Å². The summed E-state index contributed by atoms with van der Waals surface area (Å²) in [6.45, 7) is 4.23.